The number of nitrogen functional groups attached to an aromatic ring is 1. The minimum absolute atomic E-state index is 0.378. The molecule has 0 aliphatic rings. The van der Waals surface area contributed by atoms with Crippen LogP contribution in [0.4, 0.5) is 11.4 Å². The van der Waals surface area contributed by atoms with Crippen LogP contribution < -0.4 is 11.1 Å². The van der Waals surface area contributed by atoms with Gasteiger partial charge in [0.05, 0.1) is 21.4 Å². The molecule has 1 atom stereocenters. The largest absolute Gasteiger partial charge is 0.397 e. The Balaban J connectivity index is 2.54. The summed E-state index contributed by atoms with van der Waals surface area (Å²) < 4.78 is 0. The first kappa shape index (κ1) is 15.5. The summed E-state index contributed by atoms with van der Waals surface area (Å²) in [6, 6.07) is 3.86. The number of anilines is 2. The van der Waals surface area contributed by atoms with Crippen molar-refractivity contribution in [3.63, 3.8) is 0 Å². The predicted octanol–water partition coefficient (Wildman–Crippen LogP) is 5.20. The van der Waals surface area contributed by atoms with Crippen LogP contribution in [0.3, 0.4) is 0 Å². The molecule has 0 fully saturated rings. The maximum atomic E-state index is 5.99. The lowest BCUT2D eigenvalue weighted by Crippen LogP contribution is -2.16. The van der Waals surface area contributed by atoms with E-state index < -0.39 is 0 Å². The summed E-state index contributed by atoms with van der Waals surface area (Å²) in [6.45, 7) is 6.65. The third-order valence-electron chi connectivity index (χ3n) is 2.91. The first-order chi connectivity index (χ1) is 8.40. The van der Waals surface area contributed by atoms with Gasteiger partial charge in [-0.1, -0.05) is 49.9 Å². The Bertz CT molecular complexity index is 392. The number of halogens is 2. The molecular weight excluding hydrogens is 267 g/mol. The quantitative estimate of drug-likeness (QED) is 0.706. The highest BCUT2D eigenvalue weighted by Crippen LogP contribution is 2.31. The Hall–Kier alpha value is -0.600. The van der Waals surface area contributed by atoms with Gasteiger partial charge < -0.3 is 11.1 Å². The maximum absolute atomic E-state index is 5.99. The molecule has 4 heteroatoms. The molecule has 0 radical (unpaired) electrons. The smallest absolute Gasteiger partial charge is 0.0614 e. The molecule has 1 rings (SSSR count). The lowest BCUT2D eigenvalue weighted by Gasteiger charge is -2.18. The zero-order chi connectivity index (χ0) is 13.7. The molecule has 0 spiro atoms. The number of hydrogen-bond acceptors (Lipinski definition) is 2. The third kappa shape index (κ3) is 4.95. The van der Waals surface area contributed by atoms with E-state index in [-0.39, 0.29) is 0 Å². The molecule has 0 aliphatic carbocycles. The van der Waals surface area contributed by atoms with Crippen molar-refractivity contribution in [1.29, 1.82) is 0 Å². The maximum Gasteiger partial charge on any atom is 0.0614 e. The van der Waals surface area contributed by atoms with Gasteiger partial charge in [-0.2, -0.15) is 0 Å². The van der Waals surface area contributed by atoms with E-state index in [2.05, 4.69) is 26.1 Å². The van der Waals surface area contributed by atoms with E-state index in [1.54, 1.807) is 12.1 Å². The van der Waals surface area contributed by atoms with Crippen molar-refractivity contribution < 1.29 is 0 Å². The second-order valence-electron chi connectivity index (χ2n) is 5.22. The molecule has 0 saturated carbocycles. The number of benzene rings is 1. The lowest BCUT2D eigenvalue weighted by atomic mass is 10.0. The molecule has 0 amide bonds. The molecule has 0 aromatic heterocycles. The average Bonchev–Trinajstić information content (AvgIpc) is 2.25. The molecule has 1 unspecified atom stereocenters. The SMILES string of the molecule is CC(C)CCCC(C)Nc1cc(Cl)c(Cl)cc1N. The van der Waals surface area contributed by atoms with Crippen molar-refractivity contribution in [2.24, 2.45) is 5.92 Å². The van der Waals surface area contributed by atoms with E-state index in [0.29, 0.717) is 21.8 Å². The standard InChI is InChI=1S/C14H22Cl2N2/c1-9(2)5-4-6-10(3)18-14-8-12(16)11(15)7-13(14)17/h7-10,18H,4-6,17H2,1-3H3. The van der Waals surface area contributed by atoms with Gasteiger partial charge in [0, 0.05) is 6.04 Å². The Morgan fingerprint density at radius 3 is 2.33 bits per heavy atom. The van der Waals surface area contributed by atoms with Gasteiger partial charge in [0.25, 0.3) is 0 Å². The van der Waals surface area contributed by atoms with Gasteiger partial charge in [0.1, 0.15) is 0 Å². The highest BCUT2D eigenvalue weighted by atomic mass is 35.5. The van der Waals surface area contributed by atoms with Crippen LogP contribution in [-0.4, -0.2) is 6.04 Å². The summed E-state index contributed by atoms with van der Waals surface area (Å²) >= 11 is 11.9. The molecule has 2 nitrogen and oxygen atoms in total. The summed E-state index contributed by atoms with van der Waals surface area (Å²) in [5.41, 5.74) is 7.41. The van der Waals surface area contributed by atoms with Crippen molar-refractivity contribution in [2.45, 2.75) is 46.1 Å². The van der Waals surface area contributed by atoms with Gasteiger partial charge in [-0.05, 0) is 31.4 Å². The van der Waals surface area contributed by atoms with Gasteiger partial charge in [-0.3, -0.25) is 0 Å². The second-order valence-corrected chi connectivity index (χ2v) is 6.04. The first-order valence-corrected chi connectivity index (χ1v) is 7.16. The summed E-state index contributed by atoms with van der Waals surface area (Å²) in [4.78, 5) is 0. The lowest BCUT2D eigenvalue weighted by molar-refractivity contribution is 0.520. The Morgan fingerprint density at radius 2 is 1.72 bits per heavy atom. The Morgan fingerprint density at radius 1 is 1.11 bits per heavy atom. The molecule has 0 bridgehead atoms. The van der Waals surface area contributed by atoms with Crippen LogP contribution in [0.1, 0.15) is 40.0 Å². The van der Waals surface area contributed by atoms with E-state index in [1.165, 1.54) is 12.8 Å². The van der Waals surface area contributed by atoms with Crippen molar-refractivity contribution in [1.82, 2.24) is 0 Å². The second kappa shape index (κ2) is 7.10. The van der Waals surface area contributed by atoms with E-state index in [4.69, 9.17) is 28.9 Å². The van der Waals surface area contributed by atoms with E-state index in [0.717, 1.165) is 18.0 Å². The number of rotatable bonds is 6. The topological polar surface area (TPSA) is 38.0 Å². The van der Waals surface area contributed by atoms with Crippen LogP contribution in [0.25, 0.3) is 0 Å². The van der Waals surface area contributed by atoms with Crippen molar-refractivity contribution in [2.75, 3.05) is 11.1 Å². The fourth-order valence-electron chi connectivity index (χ4n) is 1.86. The zero-order valence-corrected chi connectivity index (χ0v) is 12.8. The highest BCUT2D eigenvalue weighted by molar-refractivity contribution is 6.42. The average molecular weight is 289 g/mol. The van der Waals surface area contributed by atoms with E-state index in [1.807, 2.05) is 0 Å². The van der Waals surface area contributed by atoms with Gasteiger partial charge in [-0.25, -0.2) is 0 Å². The molecule has 3 N–H and O–H groups in total. The van der Waals surface area contributed by atoms with Crippen LogP contribution in [0.15, 0.2) is 12.1 Å². The summed E-state index contributed by atoms with van der Waals surface area (Å²) in [7, 11) is 0. The van der Waals surface area contributed by atoms with Gasteiger partial charge in [0.2, 0.25) is 0 Å². The zero-order valence-electron chi connectivity index (χ0n) is 11.3. The van der Waals surface area contributed by atoms with Crippen LogP contribution in [0, 0.1) is 5.92 Å². The van der Waals surface area contributed by atoms with Crippen LogP contribution in [0.2, 0.25) is 10.0 Å². The summed E-state index contributed by atoms with van der Waals surface area (Å²) in [6.07, 6.45) is 3.59. The highest BCUT2D eigenvalue weighted by Gasteiger charge is 2.08. The summed E-state index contributed by atoms with van der Waals surface area (Å²) in [5.74, 6) is 0.757. The molecular formula is C14H22Cl2N2. The summed E-state index contributed by atoms with van der Waals surface area (Å²) in [5, 5.41) is 4.41. The third-order valence-corrected chi connectivity index (χ3v) is 3.64. The molecule has 102 valence electrons. The Kier molecular flexibility index (Phi) is 6.10. The van der Waals surface area contributed by atoms with Crippen LogP contribution in [0.5, 0.6) is 0 Å². The molecule has 0 heterocycles. The van der Waals surface area contributed by atoms with Crippen molar-refractivity contribution >= 4 is 34.6 Å². The Labute approximate surface area is 120 Å². The minimum Gasteiger partial charge on any atom is -0.397 e. The van der Waals surface area contributed by atoms with Crippen molar-refractivity contribution in [3.8, 4) is 0 Å². The monoisotopic (exact) mass is 288 g/mol. The first-order valence-electron chi connectivity index (χ1n) is 6.41. The van der Waals surface area contributed by atoms with Crippen LogP contribution >= 0.6 is 23.2 Å². The molecule has 0 aliphatic heterocycles. The molecule has 1 aromatic carbocycles. The molecule has 1 aromatic rings. The van der Waals surface area contributed by atoms with Crippen molar-refractivity contribution in [3.05, 3.63) is 22.2 Å². The normalized spacial score (nSPS) is 12.8. The molecule has 0 saturated heterocycles. The van der Waals surface area contributed by atoms with Crippen LogP contribution in [-0.2, 0) is 0 Å². The van der Waals surface area contributed by atoms with Gasteiger partial charge in [-0.15, -0.1) is 0 Å². The fourth-order valence-corrected chi connectivity index (χ4v) is 2.19. The number of nitrogens with two attached hydrogens (primary N) is 1. The number of nitrogens with one attached hydrogen (secondary N) is 1. The van der Waals surface area contributed by atoms with E-state index >= 15 is 0 Å². The van der Waals surface area contributed by atoms with Gasteiger partial charge in [0.15, 0.2) is 0 Å². The van der Waals surface area contributed by atoms with E-state index in [9.17, 15) is 0 Å². The molecule has 18 heavy (non-hydrogen) atoms. The fraction of sp³-hybridized carbons (Fsp3) is 0.571. The van der Waals surface area contributed by atoms with Gasteiger partial charge >= 0.3 is 0 Å². The minimum atomic E-state index is 0.378. The number of hydrogen-bond donors (Lipinski definition) is 2. The predicted molar refractivity (Wildman–Crippen MR) is 82.6 cm³/mol.